The lowest BCUT2D eigenvalue weighted by Crippen LogP contribution is -2.18. The van der Waals surface area contributed by atoms with Crippen LogP contribution < -0.4 is 5.73 Å². The van der Waals surface area contributed by atoms with Crippen LogP contribution in [0.5, 0.6) is 0 Å². The number of hydrogen-bond donors (Lipinski definition) is 1. The third-order valence-corrected chi connectivity index (χ3v) is 1.16. The van der Waals surface area contributed by atoms with Crippen LogP contribution in [-0.4, -0.2) is 25.0 Å². The van der Waals surface area contributed by atoms with E-state index in [0.29, 0.717) is 5.90 Å². The van der Waals surface area contributed by atoms with E-state index in [2.05, 4.69) is 16.6 Å². The first-order valence-electron chi connectivity index (χ1n) is 4.10. The zero-order valence-corrected chi connectivity index (χ0v) is 8.66. The molecule has 0 unspecified atom stereocenters. The molecule has 0 atom stereocenters. The first-order valence-corrected chi connectivity index (χ1v) is 4.10. The average Bonchev–Trinajstić information content (AvgIpc) is 2.02. The van der Waals surface area contributed by atoms with Gasteiger partial charge in [-0.25, -0.2) is 0 Å². The Morgan fingerprint density at radius 1 is 1.46 bits per heavy atom. The maximum atomic E-state index is 5.43. The van der Waals surface area contributed by atoms with E-state index in [1.807, 2.05) is 20.8 Å². The summed E-state index contributed by atoms with van der Waals surface area (Å²) in [5, 5.41) is 0. The molecule has 0 rings (SSSR count). The van der Waals surface area contributed by atoms with Gasteiger partial charge in [0.25, 0.3) is 0 Å². The van der Waals surface area contributed by atoms with Gasteiger partial charge in [-0.1, -0.05) is 6.58 Å². The van der Waals surface area contributed by atoms with Gasteiger partial charge in [0.05, 0.1) is 6.10 Å². The van der Waals surface area contributed by atoms with Gasteiger partial charge in [-0.05, 0) is 20.8 Å². The smallest absolute Gasteiger partial charge is 0.219 e. The number of nitrogens with two attached hydrogens (primary N) is 1. The van der Waals surface area contributed by atoms with Gasteiger partial charge in [0.2, 0.25) is 11.9 Å². The highest BCUT2D eigenvalue weighted by Gasteiger charge is 2.04. The standard InChI is InChI=1S/C9H17N3O/c1-6(2)8(13-7(3)4)12-9(10)11-5/h7H,1H2,2-5H3,(H2,10,11). The van der Waals surface area contributed by atoms with Crippen LogP contribution in [0.4, 0.5) is 0 Å². The summed E-state index contributed by atoms with van der Waals surface area (Å²) >= 11 is 0. The van der Waals surface area contributed by atoms with Gasteiger partial charge in [-0.3, -0.25) is 4.99 Å². The summed E-state index contributed by atoms with van der Waals surface area (Å²) < 4.78 is 5.37. The van der Waals surface area contributed by atoms with Crippen LogP contribution in [0.1, 0.15) is 20.8 Å². The van der Waals surface area contributed by atoms with Crippen molar-refractivity contribution in [2.45, 2.75) is 26.9 Å². The van der Waals surface area contributed by atoms with Crippen molar-refractivity contribution in [1.29, 1.82) is 0 Å². The molecule has 0 fully saturated rings. The predicted octanol–water partition coefficient (Wildman–Crippen LogP) is 1.33. The van der Waals surface area contributed by atoms with Gasteiger partial charge < -0.3 is 10.5 Å². The maximum Gasteiger partial charge on any atom is 0.219 e. The molecule has 0 bridgehead atoms. The molecule has 0 heterocycles. The molecule has 0 aliphatic carbocycles. The predicted molar refractivity (Wildman–Crippen MR) is 56.0 cm³/mol. The molecule has 0 aliphatic rings. The molecule has 0 saturated carbocycles. The minimum absolute atomic E-state index is 0.0557. The lowest BCUT2D eigenvalue weighted by molar-refractivity contribution is 0.229. The highest BCUT2D eigenvalue weighted by Crippen LogP contribution is 2.00. The lowest BCUT2D eigenvalue weighted by Gasteiger charge is -2.11. The van der Waals surface area contributed by atoms with E-state index in [4.69, 9.17) is 10.5 Å². The second kappa shape index (κ2) is 5.35. The van der Waals surface area contributed by atoms with Crippen LogP contribution in [0.3, 0.4) is 0 Å². The highest BCUT2D eigenvalue weighted by atomic mass is 16.5. The topological polar surface area (TPSA) is 60.0 Å². The molecule has 4 nitrogen and oxygen atoms in total. The van der Waals surface area contributed by atoms with E-state index in [0.717, 1.165) is 5.57 Å². The van der Waals surface area contributed by atoms with Crippen LogP contribution in [0.2, 0.25) is 0 Å². The minimum atomic E-state index is 0.0557. The van der Waals surface area contributed by atoms with E-state index in [9.17, 15) is 0 Å². The molecule has 0 aromatic heterocycles. The van der Waals surface area contributed by atoms with Crippen molar-refractivity contribution >= 4 is 11.9 Å². The monoisotopic (exact) mass is 183 g/mol. The van der Waals surface area contributed by atoms with Gasteiger partial charge in [-0.2, -0.15) is 4.99 Å². The van der Waals surface area contributed by atoms with Crippen molar-refractivity contribution < 1.29 is 4.74 Å². The number of guanidine groups is 1. The number of nitrogens with zero attached hydrogens (tertiary/aromatic N) is 2. The molecule has 0 spiro atoms. The Morgan fingerprint density at radius 2 is 2.00 bits per heavy atom. The SMILES string of the molecule is C=C(C)C(=NC(N)=NC)OC(C)C. The van der Waals surface area contributed by atoms with Crippen LogP contribution in [0, 0.1) is 0 Å². The van der Waals surface area contributed by atoms with Crippen molar-refractivity contribution in [3.8, 4) is 0 Å². The van der Waals surface area contributed by atoms with Crippen molar-refractivity contribution in [2.24, 2.45) is 15.7 Å². The number of hydrogen-bond acceptors (Lipinski definition) is 2. The summed E-state index contributed by atoms with van der Waals surface area (Å²) in [6.07, 6.45) is 0.0557. The quantitative estimate of drug-likeness (QED) is 0.518. The first kappa shape index (κ1) is 11.7. The Morgan fingerprint density at radius 3 is 2.31 bits per heavy atom. The Bertz CT molecular complexity index is 241. The Balaban J connectivity index is 4.61. The Hall–Kier alpha value is -1.32. The molecule has 0 amide bonds. The minimum Gasteiger partial charge on any atom is -0.475 e. The normalized spacial score (nSPS) is 13.3. The number of rotatable bonds is 2. The van der Waals surface area contributed by atoms with E-state index >= 15 is 0 Å². The molecule has 0 aromatic carbocycles. The van der Waals surface area contributed by atoms with Gasteiger partial charge in [0, 0.05) is 12.6 Å². The molecule has 0 radical (unpaired) electrons. The molecular formula is C9H17N3O. The second-order valence-corrected chi connectivity index (χ2v) is 2.95. The number of ether oxygens (including phenoxy) is 1. The van der Waals surface area contributed by atoms with Crippen molar-refractivity contribution in [2.75, 3.05) is 7.05 Å². The summed E-state index contributed by atoms with van der Waals surface area (Å²) in [5.74, 6) is 0.636. The first-order chi connectivity index (χ1) is 5.97. The molecule has 74 valence electrons. The summed E-state index contributed by atoms with van der Waals surface area (Å²) in [4.78, 5) is 7.66. The third kappa shape index (κ3) is 5.00. The molecule has 2 N–H and O–H groups in total. The van der Waals surface area contributed by atoms with Crippen LogP contribution in [0.15, 0.2) is 22.1 Å². The average molecular weight is 183 g/mol. The molecule has 0 saturated heterocycles. The maximum absolute atomic E-state index is 5.43. The molecule has 4 heteroatoms. The van der Waals surface area contributed by atoms with E-state index in [1.165, 1.54) is 0 Å². The lowest BCUT2D eigenvalue weighted by atomic mass is 10.3. The fourth-order valence-electron chi connectivity index (χ4n) is 0.600. The highest BCUT2D eigenvalue weighted by molar-refractivity contribution is 6.00. The van der Waals surface area contributed by atoms with Crippen LogP contribution in [0.25, 0.3) is 0 Å². The molecular weight excluding hydrogens is 166 g/mol. The van der Waals surface area contributed by atoms with Gasteiger partial charge in [-0.15, -0.1) is 0 Å². The molecule has 0 aliphatic heterocycles. The zero-order valence-electron chi connectivity index (χ0n) is 8.66. The van der Waals surface area contributed by atoms with E-state index < -0.39 is 0 Å². The molecule has 0 aromatic rings. The fraction of sp³-hybridized carbons (Fsp3) is 0.556. The van der Waals surface area contributed by atoms with Crippen molar-refractivity contribution in [1.82, 2.24) is 0 Å². The summed E-state index contributed by atoms with van der Waals surface area (Å²) in [7, 11) is 1.57. The molecule has 13 heavy (non-hydrogen) atoms. The summed E-state index contributed by atoms with van der Waals surface area (Å²) in [5.41, 5.74) is 6.17. The third-order valence-electron chi connectivity index (χ3n) is 1.16. The van der Waals surface area contributed by atoms with E-state index in [-0.39, 0.29) is 12.1 Å². The Labute approximate surface area is 79.2 Å². The zero-order chi connectivity index (χ0) is 10.4. The summed E-state index contributed by atoms with van der Waals surface area (Å²) in [6, 6.07) is 0. The van der Waals surface area contributed by atoms with Crippen LogP contribution in [-0.2, 0) is 4.74 Å². The van der Waals surface area contributed by atoms with Crippen molar-refractivity contribution in [3.63, 3.8) is 0 Å². The van der Waals surface area contributed by atoms with Gasteiger partial charge >= 0.3 is 0 Å². The van der Waals surface area contributed by atoms with Crippen molar-refractivity contribution in [3.05, 3.63) is 12.2 Å². The van der Waals surface area contributed by atoms with Gasteiger partial charge in [0.15, 0.2) is 0 Å². The number of aliphatic imine (C=N–C) groups is 2. The second-order valence-electron chi connectivity index (χ2n) is 2.95. The van der Waals surface area contributed by atoms with Crippen LogP contribution >= 0.6 is 0 Å². The Kier molecular flexibility index (Phi) is 4.80. The largest absolute Gasteiger partial charge is 0.475 e. The van der Waals surface area contributed by atoms with Gasteiger partial charge in [0.1, 0.15) is 0 Å². The van der Waals surface area contributed by atoms with E-state index in [1.54, 1.807) is 7.05 Å². The fourth-order valence-corrected chi connectivity index (χ4v) is 0.600. The summed E-state index contributed by atoms with van der Waals surface area (Å²) in [6.45, 7) is 9.37.